The number of carboxylic acid groups (broad SMARTS) is 1. The number of hydrogen-bond acceptors (Lipinski definition) is 4. The molecule has 0 aliphatic rings. The molecule has 0 spiro atoms. The van der Waals surface area contributed by atoms with Gasteiger partial charge >= 0.3 is 5.97 Å². The molecule has 2 aromatic rings. The molecule has 2 N–H and O–H groups in total. The quantitative estimate of drug-likeness (QED) is 0.828. The van der Waals surface area contributed by atoms with E-state index >= 15 is 0 Å². The molecule has 0 radical (unpaired) electrons. The summed E-state index contributed by atoms with van der Waals surface area (Å²) in [4.78, 5) is 38.5. The van der Waals surface area contributed by atoms with Gasteiger partial charge in [0.05, 0.1) is 17.2 Å². The SMILES string of the molecule is C[C@H](NC(=O)CCn1cnc2ccccc2c1=O)C(=O)O. The van der Waals surface area contributed by atoms with Crippen molar-refractivity contribution in [1.82, 2.24) is 14.9 Å². The Bertz CT molecular complexity index is 738. The van der Waals surface area contributed by atoms with Crippen LogP contribution in [0.3, 0.4) is 0 Å². The molecule has 0 saturated heterocycles. The number of rotatable bonds is 5. The van der Waals surface area contributed by atoms with Gasteiger partial charge in [-0.2, -0.15) is 0 Å². The molecule has 0 aliphatic heterocycles. The summed E-state index contributed by atoms with van der Waals surface area (Å²) in [7, 11) is 0. The van der Waals surface area contributed by atoms with Gasteiger partial charge in [-0.05, 0) is 19.1 Å². The Hall–Kier alpha value is -2.70. The van der Waals surface area contributed by atoms with E-state index in [1.807, 2.05) is 0 Å². The minimum atomic E-state index is -1.10. The van der Waals surface area contributed by atoms with E-state index in [9.17, 15) is 14.4 Å². The third-order valence-corrected chi connectivity index (χ3v) is 3.06. The van der Waals surface area contributed by atoms with Crippen LogP contribution in [-0.2, 0) is 16.1 Å². The summed E-state index contributed by atoms with van der Waals surface area (Å²) >= 11 is 0. The fourth-order valence-corrected chi connectivity index (χ4v) is 1.86. The molecular formula is C14H15N3O4. The summed E-state index contributed by atoms with van der Waals surface area (Å²) in [5, 5.41) is 11.5. The number of aryl methyl sites for hydroxylation is 1. The molecule has 7 nitrogen and oxygen atoms in total. The average molecular weight is 289 g/mol. The van der Waals surface area contributed by atoms with Crippen LogP contribution in [0.5, 0.6) is 0 Å². The summed E-state index contributed by atoms with van der Waals surface area (Å²) in [6.07, 6.45) is 1.40. The van der Waals surface area contributed by atoms with Gasteiger partial charge < -0.3 is 10.4 Å². The van der Waals surface area contributed by atoms with E-state index in [1.165, 1.54) is 17.8 Å². The molecule has 1 amide bonds. The largest absolute Gasteiger partial charge is 0.480 e. The fraction of sp³-hybridized carbons (Fsp3) is 0.286. The smallest absolute Gasteiger partial charge is 0.325 e. The monoisotopic (exact) mass is 289 g/mol. The zero-order chi connectivity index (χ0) is 15.4. The predicted molar refractivity (Wildman–Crippen MR) is 75.9 cm³/mol. The predicted octanol–water partition coefficient (Wildman–Crippen LogP) is 0.376. The summed E-state index contributed by atoms with van der Waals surface area (Å²) < 4.78 is 1.34. The van der Waals surface area contributed by atoms with Gasteiger partial charge in [0.15, 0.2) is 0 Å². The van der Waals surface area contributed by atoms with Gasteiger partial charge in [-0.1, -0.05) is 12.1 Å². The molecule has 1 aromatic heterocycles. The summed E-state index contributed by atoms with van der Waals surface area (Å²) in [5.74, 6) is -1.53. The summed E-state index contributed by atoms with van der Waals surface area (Å²) in [5.41, 5.74) is 0.377. The molecule has 2 rings (SSSR count). The topological polar surface area (TPSA) is 101 Å². The maximum atomic E-state index is 12.2. The van der Waals surface area contributed by atoms with Crippen LogP contribution >= 0.6 is 0 Å². The van der Waals surface area contributed by atoms with Crippen molar-refractivity contribution in [2.24, 2.45) is 0 Å². The van der Waals surface area contributed by atoms with Crippen LogP contribution in [0.25, 0.3) is 10.9 Å². The Labute approximate surface area is 120 Å². The van der Waals surface area contributed by atoms with Gasteiger partial charge in [0.1, 0.15) is 6.04 Å². The molecule has 0 aliphatic carbocycles. The molecule has 0 fully saturated rings. The van der Waals surface area contributed by atoms with Gasteiger partial charge in [-0.3, -0.25) is 19.0 Å². The van der Waals surface area contributed by atoms with Crippen molar-refractivity contribution in [3.05, 3.63) is 40.9 Å². The summed E-state index contributed by atoms with van der Waals surface area (Å²) in [6, 6.07) is 6.00. The number of para-hydroxylation sites is 1. The normalized spacial score (nSPS) is 12.0. The Morgan fingerprint density at radius 1 is 1.38 bits per heavy atom. The number of carbonyl (C=O) groups is 2. The first-order valence-electron chi connectivity index (χ1n) is 6.45. The number of carbonyl (C=O) groups excluding carboxylic acids is 1. The van der Waals surface area contributed by atoms with Gasteiger partial charge in [-0.15, -0.1) is 0 Å². The van der Waals surface area contributed by atoms with Gasteiger partial charge in [0.2, 0.25) is 5.91 Å². The number of nitrogens with zero attached hydrogens (tertiary/aromatic N) is 2. The van der Waals surface area contributed by atoms with E-state index < -0.39 is 17.9 Å². The van der Waals surface area contributed by atoms with Crippen LogP contribution in [0.1, 0.15) is 13.3 Å². The lowest BCUT2D eigenvalue weighted by Crippen LogP contribution is -2.39. The Kier molecular flexibility index (Phi) is 4.32. The van der Waals surface area contributed by atoms with E-state index in [4.69, 9.17) is 5.11 Å². The van der Waals surface area contributed by atoms with Crippen LogP contribution in [0.4, 0.5) is 0 Å². The maximum absolute atomic E-state index is 12.2. The molecular weight excluding hydrogens is 274 g/mol. The lowest BCUT2D eigenvalue weighted by molar-refractivity contribution is -0.141. The second kappa shape index (κ2) is 6.17. The van der Waals surface area contributed by atoms with Crippen LogP contribution in [0.2, 0.25) is 0 Å². The molecule has 0 saturated carbocycles. The molecule has 0 bridgehead atoms. The minimum absolute atomic E-state index is 0.0115. The maximum Gasteiger partial charge on any atom is 0.325 e. The number of amides is 1. The third kappa shape index (κ3) is 3.44. The van der Waals surface area contributed by atoms with Crippen LogP contribution in [0.15, 0.2) is 35.4 Å². The lowest BCUT2D eigenvalue weighted by atomic mass is 10.2. The first kappa shape index (κ1) is 14.7. The average Bonchev–Trinajstić information content (AvgIpc) is 2.46. The third-order valence-electron chi connectivity index (χ3n) is 3.06. The van der Waals surface area contributed by atoms with Gasteiger partial charge in [-0.25, -0.2) is 4.98 Å². The van der Waals surface area contributed by atoms with Crippen molar-refractivity contribution < 1.29 is 14.7 Å². The van der Waals surface area contributed by atoms with Crippen LogP contribution < -0.4 is 10.9 Å². The molecule has 21 heavy (non-hydrogen) atoms. The highest BCUT2D eigenvalue weighted by Gasteiger charge is 2.14. The molecule has 7 heteroatoms. The van der Waals surface area contributed by atoms with Gasteiger partial charge in [0.25, 0.3) is 5.56 Å². The van der Waals surface area contributed by atoms with Crippen molar-refractivity contribution in [2.45, 2.75) is 25.9 Å². The zero-order valence-electron chi connectivity index (χ0n) is 11.4. The minimum Gasteiger partial charge on any atom is -0.480 e. The van der Waals surface area contributed by atoms with E-state index in [0.717, 1.165) is 0 Å². The number of aromatic nitrogens is 2. The van der Waals surface area contributed by atoms with Crippen LogP contribution in [-0.4, -0.2) is 32.6 Å². The number of aliphatic carboxylic acids is 1. The Morgan fingerprint density at radius 2 is 2.10 bits per heavy atom. The number of fused-ring (bicyclic) bond motifs is 1. The Morgan fingerprint density at radius 3 is 2.81 bits per heavy atom. The number of carboxylic acids is 1. The van der Waals surface area contributed by atoms with Crippen molar-refractivity contribution in [2.75, 3.05) is 0 Å². The number of hydrogen-bond donors (Lipinski definition) is 2. The van der Waals surface area contributed by atoms with E-state index in [-0.39, 0.29) is 18.5 Å². The highest BCUT2D eigenvalue weighted by Crippen LogP contribution is 2.04. The highest BCUT2D eigenvalue weighted by molar-refractivity contribution is 5.83. The second-order valence-electron chi connectivity index (χ2n) is 4.64. The number of nitrogens with one attached hydrogen (secondary N) is 1. The first-order valence-corrected chi connectivity index (χ1v) is 6.45. The van der Waals surface area contributed by atoms with Gasteiger partial charge in [0, 0.05) is 13.0 Å². The van der Waals surface area contributed by atoms with Crippen molar-refractivity contribution in [1.29, 1.82) is 0 Å². The lowest BCUT2D eigenvalue weighted by Gasteiger charge is -2.10. The molecule has 1 heterocycles. The Balaban J connectivity index is 2.07. The standard InChI is InChI=1S/C14H15N3O4/c1-9(14(20)21)16-12(18)6-7-17-8-15-11-5-3-2-4-10(11)13(17)19/h2-5,8-9H,6-7H2,1H3,(H,16,18)(H,20,21)/t9-/m0/s1. The zero-order valence-corrected chi connectivity index (χ0v) is 11.4. The first-order chi connectivity index (χ1) is 9.99. The van der Waals surface area contributed by atoms with Crippen molar-refractivity contribution >= 4 is 22.8 Å². The second-order valence-corrected chi connectivity index (χ2v) is 4.64. The van der Waals surface area contributed by atoms with E-state index in [0.29, 0.717) is 10.9 Å². The molecule has 110 valence electrons. The highest BCUT2D eigenvalue weighted by atomic mass is 16.4. The molecule has 1 atom stereocenters. The molecule has 1 aromatic carbocycles. The fourth-order valence-electron chi connectivity index (χ4n) is 1.86. The molecule has 0 unspecified atom stereocenters. The van der Waals surface area contributed by atoms with Crippen molar-refractivity contribution in [3.8, 4) is 0 Å². The van der Waals surface area contributed by atoms with E-state index in [2.05, 4.69) is 10.3 Å². The van der Waals surface area contributed by atoms with Crippen LogP contribution in [0, 0.1) is 0 Å². The van der Waals surface area contributed by atoms with E-state index in [1.54, 1.807) is 24.3 Å². The number of benzene rings is 1. The summed E-state index contributed by atoms with van der Waals surface area (Å²) in [6.45, 7) is 1.53. The van der Waals surface area contributed by atoms with Crippen molar-refractivity contribution in [3.63, 3.8) is 0 Å².